The normalized spacial score (nSPS) is 16.7. The average Bonchev–Trinajstić information content (AvgIpc) is 2.87. The number of allylic oxidation sites excluding steroid dienone is 1. The first-order valence-corrected chi connectivity index (χ1v) is 12.3. The highest BCUT2D eigenvalue weighted by atomic mass is 16.5. The van der Waals surface area contributed by atoms with Crippen LogP contribution in [0.5, 0.6) is 5.75 Å². The molecule has 0 spiro atoms. The van der Waals surface area contributed by atoms with Gasteiger partial charge >= 0.3 is 0 Å². The van der Waals surface area contributed by atoms with E-state index >= 15 is 0 Å². The Bertz CT molecular complexity index is 997. The van der Waals surface area contributed by atoms with Gasteiger partial charge in [0.25, 0.3) is 0 Å². The number of nitrogens with zero attached hydrogens (tertiary/aromatic N) is 4. The molecule has 5 heteroatoms. The molecule has 3 rings (SSSR count). The molecular formula is C29H36N4O. The molecule has 1 unspecified atom stereocenters. The van der Waals surface area contributed by atoms with Crippen molar-refractivity contribution in [3.8, 4) is 17.9 Å². The lowest BCUT2D eigenvalue weighted by Gasteiger charge is -2.36. The van der Waals surface area contributed by atoms with Gasteiger partial charge in [0.2, 0.25) is 0 Å². The van der Waals surface area contributed by atoms with Gasteiger partial charge < -0.3 is 9.64 Å². The lowest BCUT2D eigenvalue weighted by molar-refractivity contribution is 0.114. The molecule has 0 aliphatic carbocycles. The standard InChI is InChI=1S/C29H36N4O/c1-25(2)29(24-31,27-11-4-3-5-12-27)14-8-16-32-17-19-33(20-18-32)21-22-34-28-13-6-9-26(23-28)10-7-15-30/h3-7,9-13,23,25H,8,14,16-22H2,1-2H3/b10-7+. The van der Waals surface area contributed by atoms with E-state index < -0.39 is 5.41 Å². The predicted molar refractivity (Wildman–Crippen MR) is 137 cm³/mol. The van der Waals surface area contributed by atoms with Gasteiger partial charge in [0.1, 0.15) is 12.4 Å². The molecule has 1 aliphatic rings. The molecule has 34 heavy (non-hydrogen) atoms. The molecule has 0 amide bonds. The summed E-state index contributed by atoms with van der Waals surface area (Å²) in [7, 11) is 0. The highest BCUT2D eigenvalue weighted by Gasteiger charge is 2.35. The summed E-state index contributed by atoms with van der Waals surface area (Å²) in [5, 5.41) is 18.8. The summed E-state index contributed by atoms with van der Waals surface area (Å²) < 4.78 is 5.93. The zero-order valence-electron chi connectivity index (χ0n) is 20.5. The third kappa shape index (κ3) is 6.94. The van der Waals surface area contributed by atoms with Crippen molar-refractivity contribution >= 4 is 6.08 Å². The number of benzene rings is 2. The fourth-order valence-corrected chi connectivity index (χ4v) is 4.70. The van der Waals surface area contributed by atoms with Crippen LogP contribution in [0, 0.1) is 28.6 Å². The summed E-state index contributed by atoms with van der Waals surface area (Å²) >= 11 is 0. The Morgan fingerprint density at radius 1 is 0.971 bits per heavy atom. The maximum absolute atomic E-state index is 10.1. The minimum atomic E-state index is -0.415. The highest BCUT2D eigenvalue weighted by molar-refractivity contribution is 5.53. The molecule has 178 valence electrons. The Morgan fingerprint density at radius 2 is 1.68 bits per heavy atom. The van der Waals surface area contributed by atoms with Gasteiger partial charge in [-0.3, -0.25) is 4.90 Å². The van der Waals surface area contributed by atoms with Crippen molar-refractivity contribution in [3.63, 3.8) is 0 Å². The first kappa shape index (κ1) is 25.5. The predicted octanol–water partition coefficient (Wildman–Crippen LogP) is 5.12. The molecule has 2 aromatic carbocycles. The lowest BCUT2D eigenvalue weighted by atomic mass is 9.70. The van der Waals surface area contributed by atoms with Crippen LogP contribution < -0.4 is 4.74 Å². The molecule has 1 heterocycles. The smallest absolute Gasteiger partial charge is 0.119 e. The van der Waals surface area contributed by atoms with E-state index in [-0.39, 0.29) is 5.92 Å². The molecule has 0 N–H and O–H groups in total. The van der Waals surface area contributed by atoms with Crippen LogP contribution in [-0.4, -0.2) is 55.7 Å². The van der Waals surface area contributed by atoms with Crippen LogP contribution in [0.3, 0.4) is 0 Å². The van der Waals surface area contributed by atoms with Crippen molar-refractivity contribution < 1.29 is 4.74 Å². The number of nitriles is 2. The van der Waals surface area contributed by atoms with Gasteiger partial charge in [0.15, 0.2) is 0 Å². The number of ether oxygens (including phenoxy) is 1. The van der Waals surface area contributed by atoms with E-state index in [0.717, 1.165) is 69.0 Å². The van der Waals surface area contributed by atoms with E-state index in [4.69, 9.17) is 10.00 Å². The molecule has 0 aromatic heterocycles. The molecule has 0 bridgehead atoms. The van der Waals surface area contributed by atoms with E-state index in [2.05, 4.69) is 41.8 Å². The summed E-state index contributed by atoms with van der Waals surface area (Å²) in [5.74, 6) is 1.11. The lowest BCUT2D eigenvalue weighted by Crippen LogP contribution is -2.47. The van der Waals surface area contributed by atoms with E-state index in [0.29, 0.717) is 6.61 Å². The van der Waals surface area contributed by atoms with Crippen LogP contribution in [0.15, 0.2) is 60.7 Å². The third-order valence-corrected chi connectivity index (χ3v) is 6.87. The molecular weight excluding hydrogens is 420 g/mol. The molecule has 2 aromatic rings. The van der Waals surface area contributed by atoms with Crippen LogP contribution in [-0.2, 0) is 5.41 Å². The van der Waals surface area contributed by atoms with E-state index in [1.165, 1.54) is 6.08 Å². The van der Waals surface area contributed by atoms with Crippen molar-refractivity contribution in [1.82, 2.24) is 9.80 Å². The molecule has 1 fully saturated rings. The fourth-order valence-electron chi connectivity index (χ4n) is 4.70. The van der Waals surface area contributed by atoms with Crippen LogP contribution in [0.25, 0.3) is 6.08 Å². The zero-order chi connectivity index (χ0) is 24.2. The topological polar surface area (TPSA) is 63.3 Å². The Labute approximate surface area is 204 Å². The third-order valence-electron chi connectivity index (χ3n) is 6.87. The maximum Gasteiger partial charge on any atom is 0.119 e. The van der Waals surface area contributed by atoms with Crippen molar-refractivity contribution in [2.75, 3.05) is 45.9 Å². The first-order chi connectivity index (χ1) is 16.6. The summed E-state index contributed by atoms with van der Waals surface area (Å²) in [4.78, 5) is 4.98. The van der Waals surface area contributed by atoms with Gasteiger partial charge in [0, 0.05) is 38.8 Å². The first-order valence-electron chi connectivity index (χ1n) is 12.3. The summed E-state index contributed by atoms with van der Waals surface area (Å²) in [6, 6.07) is 22.8. The van der Waals surface area contributed by atoms with Crippen molar-refractivity contribution in [3.05, 3.63) is 71.8 Å². The monoisotopic (exact) mass is 456 g/mol. The minimum Gasteiger partial charge on any atom is -0.492 e. The second kappa shape index (κ2) is 12.9. The van der Waals surface area contributed by atoms with Crippen molar-refractivity contribution in [2.45, 2.75) is 32.1 Å². The Morgan fingerprint density at radius 3 is 2.32 bits per heavy atom. The van der Waals surface area contributed by atoms with Gasteiger partial charge in [-0.25, -0.2) is 0 Å². The molecule has 0 radical (unpaired) electrons. The Kier molecular flexibility index (Phi) is 9.71. The van der Waals surface area contributed by atoms with Crippen molar-refractivity contribution in [2.24, 2.45) is 5.92 Å². The van der Waals surface area contributed by atoms with Gasteiger partial charge in [-0.15, -0.1) is 0 Å². The number of rotatable bonds is 11. The SMILES string of the molecule is CC(C)C(C#N)(CCCN1CCN(CCOc2cccc(/C=C/C#N)c2)CC1)c1ccccc1. The second-order valence-corrected chi connectivity index (χ2v) is 9.27. The number of hydrogen-bond donors (Lipinski definition) is 0. The van der Waals surface area contributed by atoms with E-state index in [9.17, 15) is 5.26 Å². The van der Waals surface area contributed by atoms with Crippen LogP contribution in [0.1, 0.15) is 37.8 Å². The maximum atomic E-state index is 10.1. The van der Waals surface area contributed by atoms with Gasteiger partial charge in [-0.1, -0.05) is 56.3 Å². The highest BCUT2D eigenvalue weighted by Crippen LogP contribution is 2.36. The quantitative estimate of drug-likeness (QED) is 0.439. The summed E-state index contributed by atoms with van der Waals surface area (Å²) in [6.07, 6.45) is 5.18. The minimum absolute atomic E-state index is 0.278. The Hall–Kier alpha value is -3.12. The Balaban J connectivity index is 1.39. The van der Waals surface area contributed by atoms with Crippen LogP contribution in [0.4, 0.5) is 0 Å². The molecule has 1 saturated heterocycles. The number of hydrogen-bond acceptors (Lipinski definition) is 5. The van der Waals surface area contributed by atoms with Crippen molar-refractivity contribution in [1.29, 1.82) is 10.5 Å². The average molecular weight is 457 g/mol. The largest absolute Gasteiger partial charge is 0.492 e. The van der Waals surface area contributed by atoms with Gasteiger partial charge in [-0.2, -0.15) is 10.5 Å². The summed E-state index contributed by atoms with van der Waals surface area (Å²) in [6.45, 7) is 11.1. The molecule has 5 nitrogen and oxygen atoms in total. The van der Waals surface area contributed by atoms with E-state index in [1.807, 2.05) is 48.5 Å². The van der Waals surface area contributed by atoms with Crippen LogP contribution in [0.2, 0.25) is 0 Å². The molecule has 0 saturated carbocycles. The van der Waals surface area contributed by atoms with Gasteiger partial charge in [-0.05, 0) is 54.6 Å². The summed E-state index contributed by atoms with van der Waals surface area (Å²) in [5.41, 5.74) is 1.70. The molecule has 1 atom stereocenters. The van der Waals surface area contributed by atoms with Crippen LogP contribution >= 0.6 is 0 Å². The molecule has 1 aliphatic heterocycles. The number of piperazine rings is 1. The zero-order valence-corrected chi connectivity index (χ0v) is 20.5. The fraction of sp³-hybridized carbons (Fsp3) is 0.448. The van der Waals surface area contributed by atoms with E-state index in [1.54, 1.807) is 6.08 Å². The second-order valence-electron chi connectivity index (χ2n) is 9.27. The van der Waals surface area contributed by atoms with Gasteiger partial charge in [0.05, 0.1) is 17.6 Å².